The lowest BCUT2D eigenvalue weighted by molar-refractivity contribution is -0.158. The molecule has 0 bridgehead atoms. The zero-order chi connectivity index (χ0) is 42.8. The molecule has 1 aliphatic heterocycles. The third-order valence-electron chi connectivity index (χ3n) is 9.29. The molecule has 3 N–H and O–H groups in total. The molecule has 1 aliphatic carbocycles. The predicted octanol–water partition coefficient (Wildman–Crippen LogP) is 4.70. The highest BCUT2D eigenvalue weighted by Gasteiger charge is 2.45. The Morgan fingerprint density at radius 3 is 2.03 bits per heavy atom. The first kappa shape index (κ1) is 46.8. The van der Waals surface area contributed by atoms with Crippen molar-refractivity contribution in [3.63, 3.8) is 0 Å². The molecule has 2 aromatic rings. The summed E-state index contributed by atoms with van der Waals surface area (Å²) in [6.07, 6.45) is -0.967. The lowest BCUT2D eigenvalue weighted by atomic mass is 9.90. The molecule has 4 rings (SSSR count). The van der Waals surface area contributed by atoms with Crippen LogP contribution in [0.15, 0.2) is 12.3 Å². The fourth-order valence-electron chi connectivity index (χ4n) is 6.28. The van der Waals surface area contributed by atoms with Gasteiger partial charge in [-0.25, -0.2) is 4.98 Å². The smallest absolute Gasteiger partial charge is 0.361 e. The Hall–Kier alpha value is -3.86. The van der Waals surface area contributed by atoms with Gasteiger partial charge in [0.15, 0.2) is 11.4 Å². The standard InChI is InChI=1S/C37H52ClN4O15P/c1-22(43)51-17-36(3,4)13-28(45)53-19-55-58(49,56-20-54-29(46)14-37(5,6)18-52-23(2)44)21-50-16-27-31(47)32(48)35(57-27)42-12-11-25-30(40-24-9-7-8-10-24)26(15-39)33(38)41-34(25)42/h11-12,24,27,31-32,35,47-48H,7-10,13-14,16-21H2,1-6H3,(H,40,41)/t27-,31-,32-,35-/m1/s1. The molecule has 0 spiro atoms. The van der Waals surface area contributed by atoms with Crippen LogP contribution >= 0.6 is 19.2 Å². The van der Waals surface area contributed by atoms with Crippen LogP contribution in [0.2, 0.25) is 5.15 Å². The van der Waals surface area contributed by atoms with Crippen molar-refractivity contribution in [1.29, 1.82) is 5.26 Å². The second kappa shape index (κ2) is 20.4. The van der Waals surface area contributed by atoms with Crippen molar-refractivity contribution < 1.29 is 71.4 Å². The number of carbonyl (C=O) groups excluding carboxylic acids is 4. The SMILES string of the molecule is CC(=O)OCC(C)(C)CC(=O)OCOP(=O)(COC[C@H]1O[C@@H](n2ccc3c(NC4CCCC4)c(C#N)c(Cl)nc32)[C@H](O)[C@@H]1O)OCOC(=O)CC(C)(C)COC(C)=O. The summed E-state index contributed by atoms with van der Waals surface area (Å²) in [5, 5.41) is 35.8. The van der Waals surface area contributed by atoms with Crippen LogP contribution in [0.25, 0.3) is 11.0 Å². The van der Waals surface area contributed by atoms with Crippen LogP contribution in [-0.2, 0) is 61.2 Å². The third-order valence-corrected chi connectivity index (χ3v) is 11.1. The van der Waals surface area contributed by atoms with Crippen LogP contribution in [0.1, 0.15) is 91.9 Å². The molecule has 19 nitrogen and oxygen atoms in total. The quantitative estimate of drug-likeness (QED) is 0.0506. The van der Waals surface area contributed by atoms with Gasteiger partial charge >= 0.3 is 31.5 Å². The number of carbonyl (C=O) groups is 4. The Morgan fingerprint density at radius 2 is 1.52 bits per heavy atom. The first-order chi connectivity index (χ1) is 27.2. The maximum absolute atomic E-state index is 13.8. The van der Waals surface area contributed by atoms with Crippen molar-refractivity contribution in [3.05, 3.63) is 23.0 Å². The summed E-state index contributed by atoms with van der Waals surface area (Å²) >= 11 is 6.45. The maximum Gasteiger partial charge on any atom is 0.361 e. The number of hydrogen-bond donors (Lipinski definition) is 3. The topological polar surface area (TPSA) is 253 Å². The maximum atomic E-state index is 13.8. The highest BCUT2D eigenvalue weighted by Crippen LogP contribution is 2.48. The van der Waals surface area contributed by atoms with Crippen molar-refractivity contribution in [1.82, 2.24) is 9.55 Å². The molecule has 1 saturated carbocycles. The van der Waals surface area contributed by atoms with Gasteiger partial charge in [-0.3, -0.25) is 32.8 Å². The van der Waals surface area contributed by atoms with Gasteiger partial charge in [0.1, 0.15) is 41.9 Å². The lowest BCUT2D eigenvalue weighted by Gasteiger charge is -2.24. The van der Waals surface area contributed by atoms with E-state index in [-0.39, 0.29) is 42.8 Å². The van der Waals surface area contributed by atoms with E-state index in [9.17, 15) is 39.2 Å². The number of fused-ring (bicyclic) bond motifs is 1. The number of rotatable bonds is 21. The molecular weight excluding hydrogens is 807 g/mol. The number of hydrogen-bond acceptors (Lipinski definition) is 18. The second-order valence-corrected chi connectivity index (χ2v) is 18.1. The second-order valence-electron chi connectivity index (χ2n) is 15.8. The summed E-state index contributed by atoms with van der Waals surface area (Å²) in [6, 6.07) is 3.96. The Morgan fingerprint density at radius 1 is 0.966 bits per heavy atom. The van der Waals surface area contributed by atoms with Crippen molar-refractivity contribution in [2.45, 2.75) is 111 Å². The average Bonchev–Trinajstić information content (AvgIpc) is 3.86. The fourth-order valence-corrected chi connectivity index (χ4v) is 7.48. The Balaban J connectivity index is 1.41. The number of nitriles is 1. The largest absolute Gasteiger partial charge is 0.465 e. The van der Waals surface area contributed by atoms with E-state index in [2.05, 4.69) is 16.4 Å². The lowest BCUT2D eigenvalue weighted by Crippen LogP contribution is -2.34. The number of aromatic nitrogens is 2. The van der Waals surface area contributed by atoms with Crippen molar-refractivity contribution in [3.8, 4) is 6.07 Å². The molecule has 0 radical (unpaired) electrons. The number of aliphatic hydroxyl groups is 2. The molecule has 0 aromatic carbocycles. The highest BCUT2D eigenvalue weighted by molar-refractivity contribution is 7.53. The molecule has 1 saturated heterocycles. The minimum Gasteiger partial charge on any atom is -0.465 e. The van der Waals surface area contributed by atoms with E-state index in [1.54, 1.807) is 40.0 Å². The molecule has 2 fully saturated rings. The summed E-state index contributed by atoms with van der Waals surface area (Å²) in [4.78, 5) is 51.9. The Kier molecular flexibility index (Phi) is 16.5. The minimum absolute atomic E-state index is 0.0492. The van der Waals surface area contributed by atoms with E-state index in [0.717, 1.165) is 25.7 Å². The molecule has 3 heterocycles. The van der Waals surface area contributed by atoms with Crippen LogP contribution in [-0.4, -0.2) is 108 Å². The van der Waals surface area contributed by atoms with Crippen molar-refractivity contribution in [2.24, 2.45) is 10.8 Å². The average molecular weight is 859 g/mol. The molecule has 4 atom stereocenters. The molecule has 0 unspecified atom stereocenters. The number of halogens is 1. The molecule has 21 heteroatoms. The number of ether oxygens (including phenoxy) is 6. The van der Waals surface area contributed by atoms with E-state index < -0.39 is 93.4 Å². The summed E-state index contributed by atoms with van der Waals surface area (Å²) in [5.74, 6) is -2.58. The van der Waals surface area contributed by atoms with Gasteiger partial charge in [-0.2, -0.15) is 5.26 Å². The van der Waals surface area contributed by atoms with Gasteiger partial charge in [0, 0.05) is 42.3 Å². The molecule has 322 valence electrons. The molecule has 58 heavy (non-hydrogen) atoms. The van der Waals surface area contributed by atoms with E-state index in [4.69, 9.17) is 49.1 Å². The third kappa shape index (κ3) is 13.3. The number of nitrogens with zero attached hydrogens (tertiary/aromatic N) is 3. The number of esters is 4. The van der Waals surface area contributed by atoms with Crippen LogP contribution in [0.4, 0.5) is 5.69 Å². The fraction of sp³-hybridized carbons (Fsp3) is 0.676. The molecule has 2 aliphatic rings. The normalized spacial score (nSPS) is 20.1. The van der Waals surface area contributed by atoms with E-state index in [0.29, 0.717) is 16.7 Å². The molecule has 0 amide bonds. The number of aliphatic hydroxyl groups excluding tert-OH is 2. The van der Waals surface area contributed by atoms with Gasteiger partial charge in [0.2, 0.25) is 13.6 Å². The summed E-state index contributed by atoms with van der Waals surface area (Å²) in [5.41, 5.74) is -0.598. The molecular formula is C37H52ClN4O15P. The van der Waals surface area contributed by atoms with E-state index >= 15 is 0 Å². The van der Waals surface area contributed by atoms with Crippen LogP contribution in [0.3, 0.4) is 0 Å². The summed E-state index contributed by atoms with van der Waals surface area (Å²) in [6.45, 7) is 6.85. The minimum atomic E-state index is -4.38. The summed E-state index contributed by atoms with van der Waals surface area (Å²) < 4.78 is 57.7. The zero-order valence-corrected chi connectivity index (χ0v) is 35.0. The number of nitrogens with one attached hydrogen (secondary N) is 1. The van der Waals surface area contributed by atoms with Gasteiger partial charge in [-0.05, 0) is 18.9 Å². The van der Waals surface area contributed by atoms with Gasteiger partial charge < -0.3 is 48.5 Å². The first-order valence-electron chi connectivity index (χ1n) is 18.7. The van der Waals surface area contributed by atoms with Crippen LogP contribution in [0, 0.1) is 22.2 Å². The van der Waals surface area contributed by atoms with Crippen LogP contribution < -0.4 is 5.32 Å². The van der Waals surface area contributed by atoms with Crippen molar-refractivity contribution >= 4 is 59.8 Å². The van der Waals surface area contributed by atoms with E-state index in [1.165, 1.54) is 18.4 Å². The Bertz CT molecular complexity index is 1820. The monoisotopic (exact) mass is 858 g/mol. The number of anilines is 1. The van der Waals surface area contributed by atoms with Gasteiger partial charge in [0.25, 0.3) is 0 Å². The van der Waals surface area contributed by atoms with Crippen molar-refractivity contribution in [2.75, 3.05) is 45.1 Å². The highest BCUT2D eigenvalue weighted by atomic mass is 35.5. The zero-order valence-electron chi connectivity index (χ0n) is 33.4. The predicted molar refractivity (Wildman–Crippen MR) is 204 cm³/mol. The number of pyridine rings is 1. The van der Waals surface area contributed by atoms with E-state index in [1.807, 2.05) is 0 Å². The van der Waals surface area contributed by atoms with Gasteiger partial charge in [-0.15, -0.1) is 0 Å². The summed E-state index contributed by atoms with van der Waals surface area (Å²) in [7, 11) is -4.38. The van der Waals surface area contributed by atoms with Crippen LogP contribution in [0.5, 0.6) is 0 Å². The first-order valence-corrected chi connectivity index (χ1v) is 20.8. The molecule has 2 aromatic heterocycles. The Labute approximate surface area is 341 Å². The van der Waals surface area contributed by atoms with Gasteiger partial charge in [-0.1, -0.05) is 52.1 Å². The van der Waals surface area contributed by atoms with Gasteiger partial charge in [0.05, 0.1) is 38.3 Å².